The molecule has 0 saturated carbocycles. The second-order valence-electron chi connectivity index (χ2n) is 10.7. The number of carbonyl (C=O) groups excluding carboxylic acids is 3. The number of ether oxygens (including phenoxy) is 2. The normalized spacial score (nSPS) is 23.1. The van der Waals surface area contributed by atoms with Gasteiger partial charge in [0.1, 0.15) is 23.0 Å². The van der Waals surface area contributed by atoms with E-state index in [4.69, 9.17) is 9.47 Å². The predicted molar refractivity (Wildman–Crippen MR) is 160 cm³/mol. The second-order valence-corrected chi connectivity index (χ2v) is 10.7. The van der Waals surface area contributed by atoms with Crippen LogP contribution in [0.1, 0.15) is 31.8 Å². The quantitative estimate of drug-likeness (QED) is 0.313. The first-order chi connectivity index (χ1) is 20.5. The molecule has 1 saturated heterocycles. The molecule has 1 spiro atoms. The lowest BCUT2D eigenvalue weighted by atomic mass is 9.64. The van der Waals surface area contributed by atoms with E-state index in [1.807, 2.05) is 71.6 Å². The molecule has 4 atom stereocenters. The molecule has 3 heterocycles. The number of carbonyl (C=O) groups is 3. The molecule has 1 fully saturated rings. The van der Waals surface area contributed by atoms with Crippen molar-refractivity contribution < 1.29 is 23.9 Å². The van der Waals surface area contributed by atoms with Crippen molar-refractivity contribution >= 4 is 34.9 Å². The van der Waals surface area contributed by atoms with Gasteiger partial charge in [-0.3, -0.25) is 14.4 Å². The molecule has 1 N–H and O–H groups in total. The largest absolute Gasteiger partial charge is 0.497 e. The average Bonchev–Trinajstić information content (AvgIpc) is 3.52. The molecule has 208 valence electrons. The Balaban J connectivity index is 1.55. The topological polar surface area (TPSA) is 84.9 Å². The van der Waals surface area contributed by atoms with Gasteiger partial charge >= 0.3 is 0 Å². The van der Waals surface area contributed by atoms with Crippen LogP contribution < -0.4 is 19.7 Å². The summed E-state index contributed by atoms with van der Waals surface area (Å²) in [4.78, 5) is 46.2. The van der Waals surface area contributed by atoms with Crippen molar-refractivity contribution in [1.29, 1.82) is 0 Å². The summed E-state index contributed by atoms with van der Waals surface area (Å²) in [5.41, 5.74) is 2.35. The zero-order valence-electron chi connectivity index (χ0n) is 23.1. The minimum atomic E-state index is -1.40. The number of hydrogen-bond acceptors (Lipinski definition) is 6. The van der Waals surface area contributed by atoms with Crippen LogP contribution in [0.5, 0.6) is 11.5 Å². The van der Waals surface area contributed by atoms with E-state index in [2.05, 4.69) is 5.32 Å². The van der Waals surface area contributed by atoms with Crippen molar-refractivity contribution in [3.63, 3.8) is 0 Å². The fraction of sp³-hybridized carbons (Fsp3) is 0.171. The van der Waals surface area contributed by atoms with Gasteiger partial charge in [-0.15, -0.1) is 0 Å². The minimum absolute atomic E-state index is 0.236. The highest BCUT2D eigenvalue weighted by Crippen LogP contribution is 2.58. The Morgan fingerprint density at radius 2 is 1.57 bits per heavy atom. The third-order valence-electron chi connectivity index (χ3n) is 8.82. The zero-order chi connectivity index (χ0) is 29.0. The Bertz CT molecular complexity index is 1780. The summed E-state index contributed by atoms with van der Waals surface area (Å²) in [6.45, 7) is 0. The Morgan fingerprint density at radius 3 is 2.36 bits per heavy atom. The van der Waals surface area contributed by atoms with Crippen LogP contribution in [0.4, 0.5) is 11.4 Å². The molecule has 0 unspecified atom stereocenters. The molecule has 7 rings (SSSR count). The molecule has 0 bridgehead atoms. The van der Waals surface area contributed by atoms with Gasteiger partial charge in [0.15, 0.2) is 11.6 Å². The van der Waals surface area contributed by atoms with E-state index in [9.17, 15) is 9.59 Å². The number of ketones is 2. The fourth-order valence-corrected chi connectivity index (χ4v) is 7.07. The van der Waals surface area contributed by atoms with E-state index in [1.54, 1.807) is 42.5 Å². The first-order valence-corrected chi connectivity index (χ1v) is 13.8. The molecule has 1 amide bonds. The van der Waals surface area contributed by atoms with Gasteiger partial charge in [0.2, 0.25) is 5.91 Å². The number of methoxy groups -OCH3 is 2. The van der Waals surface area contributed by atoms with Crippen LogP contribution in [0.3, 0.4) is 0 Å². The van der Waals surface area contributed by atoms with E-state index in [0.717, 1.165) is 11.3 Å². The van der Waals surface area contributed by atoms with Crippen molar-refractivity contribution in [3.8, 4) is 11.5 Å². The maximum Gasteiger partial charge on any atom is 0.238 e. The molecule has 3 aliphatic rings. The van der Waals surface area contributed by atoms with Crippen LogP contribution in [-0.4, -0.2) is 43.8 Å². The van der Waals surface area contributed by atoms with Gasteiger partial charge in [-0.2, -0.15) is 0 Å². The molecule has 0 aromatic heterocycles. The molecule has 3 aliphatic heterocycles. The summed E-state index contributed by atoms with van der Waals surface area (Å²) in [6.07, 6.45) is 3.95. The highest BCUT2D eigenvalue weighted by atomic mass is 16.5. The monoisotopic (exact) mass is 556 g/mol. The molecule has 4 aromatic rings. The summed E-state index contributed by atoms with van der Waals surface area (Å²) in [6, 6.07) is 27.6. The van der Waals surface area contributed by atoms with E-state index in [0.29, 0.717) is 28.3 Å². The lowest BCUT2D eigenvalue weighted by molar-refractivity contribution is -0.121. The SMILES string of the molecule is COc1ccc(OC)c(C(=O)[C@H]2[C@@H](C(=O)c3ccccc3)N3c4ccccc4C=C[C@@H]3[C@]23C(=O)Nc2ccccc23)c1. The first kappa shape index (κ1) is 25.8. The second kappa shape index (κ2) is 9.73. The average molecular weight is 557 g/mol. The number of amides is 1. The van der Waals surface area contributed by atoms with E-state index in [1.165, 1.54) is 14.2 Å². The van der Waals surface area contributed by atoms with Crippen molar-refractivity contribution in [1.82, 2.24) is 0 Å². The fourth-order valence-electron chi connectivity index (χ4n) is 7.07. The molecular weight excluding hydrogens is 528 g/mol. The van der Waals surface area contributed by atoms with E-state index in [-0.39, 0.29) is 23.0 Å². The molecule has 4 aromatic carbocycles. The van der Waals surface area contributed by atoms with Gasteiger partial charge in [-0.1, -0.05) is 78.9 Å². The van der Waals surface area contributed by atoms with Crippen LogP contribution in [0, 0.1) is 5.92 Å². The Morgan fingerprint density at radius 1 is 0.833 bits per heavy atom. The van der Waals surface area contributed by atoms with Gasteiger partial charge < -0.3 is 19.7 Å². The van der Waals surface area contributed by atoms with Crippen molar-refractivity contribution in [2.24, 2.45) is 5.92 Å². The summed E-state index contributed by atoms with van der Waals surface area (Å²) < 4.78 is 11.1. The number of para-hydroxylation sites is 2. The predicted octanol–water partition coefficient (Wildman–Crippen LogP) is 5.56. The summed E-state index contributed by atoms with van der Waals surface area (Å²) in [7, 11) is 3.02. The number of nitrogens with zero attached hydrogens (tertiary/aromatic N) is 1. The standard InChI is InChI=1S/C35H28N2O5/c1-41-23-17-18-28(42-2)24(20-23)33(39)30-31(32(38)22-11-4-3-5-12-22)37-27-15-9-6-10-21(27)16-19-29(37)35(30)25-13-7-8-14-26(25)36-34(35)40/h3-20,29-31H,1-2H3,(H,36,40)/t29-,30-,31+,35+/m1/s1. The maximum absolute atomic E-state index is 15.1. The molecule has 0 aliphatic carbocycles. The van der Waals surface area contributed by atoms with Gasteiger partial charge in [-0.05, 0) is 41.5 Å². The Kier molecular flexibility index (Phi) is 5.97. The van der Waals surface area contributed by atoms with Crippen molar-refractivity contribution in [3.05, 3.63) is 125 Å². The van der Waals surface area contributed by atoms with E-state index >= 15 is 4.79 Å². The minimum Gasteiger partial charge on any atom is -0.497 e. The highest BCUT2D eigenvalue weighted by molar-refractivity contribution is 6.19. The lowest BCUT2D eigenvalue weighted by Gasteiger charge is -2.37. The molecule has 7 heteroatoms. The molecule has 42 heavy (non-hydrogen) atoms. The van der Waals surface area contributed by atoms with Crippen LogP contribution in [-0.2, 0) is 10.2 Å². The highest BCUT2D eigenvalue weighted by Gasteiger charge is 2.70. The molecular formula is C35H28N2O5. The van der Waals surface area contributed by atoms with Crippen LogP contribution in [0.15, 0.2) is 103 Å². The third kappa shape index (κ3) is 3.49. The summed E-state index contributed by atoms with van der Waals surface area (Å²) in [5, 5.41) is 3.05. The van der Waals surface area contributed by atoms with Gasteiger partial charge in [0.25, 0.3) is 0 Å². The van der Waals surface area contributed by atoms with Crippen LogP contribution in [0.25, 0.3) is 6.08 Å². The molecule has 0 radical (unpaired) electrons. The summed E-state index contributed by atoms with van der Waals surface area (Å²) in [5.74, 6) is -1.21. The zero-order valence-corrected chi connectivity index (χ0v) is 23.1. The number of benzene rings is 4. The van der Waals surface area contributed by atoms with Crippen molar-refractivity contribution in [2.75, 3.05) is 24.4 Å². The maximum atomic E-state index is 15.1. The number of Topliss-reactive ketones (excluding diaryl/α,β-unsaturated/α-hetero) is 2. The molecule has 7 nitrogen and oxygen atoms in total. The Labute approximate surface area is 243 Å². The number of anilines is 2. The Hall–Kier alpha value is -5.17. The number of rotatable bonds is 6. The third-order valence-corrected chi connectivity index (χ3v) is 8.82. The van der Waals surface area contributed by atoms with Crippen LogP contribution >= 0.6 is 0 Å². The number of hydrogen-bond donors (Lipinski definition) is 1. The van der Waals surface area contributed by atoms with E-state index < -0.39 is 23.4 Å². The van der Waals surface area contributed by atoms with Gasteiger partial charge in [0.05, 0.1) is 31.7 Å². The number of fused-ring (bicyclic) bond motifs is 6. The van der Waals surface area contributed by atoms with Gasteiger partial charge in [-0.25, -0.2) is 0 Å². The summed E-state index contributed by atoms with van der Waals surface area (Å²) >= 11 is 0. The first-order valence-electron chi connectivity index (χ1n) is 13.8. The van der Waals surface area contributed by atoms with Gasteiger partial charge in [0, 0.05) is 16.9 Å². The smallest absolute Gasteiger partial charge is 0.238 e. The van der Waals surface area contributed by atoms with Crippen LogP contribution in [0.2, 0.25) is 0 Å². The van der Waals surface area contributed by atoms with Crippen molar-refractivity contribution in [2.45, 2.75) is 17.5 Å². The lowest BCUT2D eigenvalue weighted by Crippen LogP contribution is -2.51. The number of nitrogens with one attached hydrogen (secondary N) is 1.